The van der Waals surface area contributed by atoms with Crippen molar-refractivity contribution in [3.63, 3.8) is 0 Å². The van der Waals surface area contributed by atoms with E-state index in [0.29, 0.717) is 5.69 Å². The summed E-state index contributed by atoms with van der Waals surface area (Å²) in [6.45, 7) is 3.62. The topological polar surface area (TPSA) is 44.9 Å². The lowest BCUT2D eigenvalue weighted by Gasteiger charge is -2.27. The lowest BCUT2D eigenvalue weighted by atomic mass is 10.1. The number of nitrogens with zero attached hydrogens (tertiary/aromatic N) is 4. The van der Waals surface area contributed by atoms with Crippen LogP contribution in [0.4, 0.5) is 10.1 Å². The van der Waals surface area contributed by atoms with Gasteiger partial charge in [-0.3, -0.25) is 4.68 Å². The van der Waals surface area contributed by atoms with E-state index in [1.165, 1.54) is 6.07 Å². The Balaban J connectivity index is 1.88. The Morgan fingerprint density at radius 2 is 2.33 bits per heavy atom. The second-order valence-corrected chi connectivity index (χ2v) is 5.47. The molecule has 1 aromatic heterocycles. The van der Waals surface area contributed by atoms with Gasteiger partial charge < -0.3 is 4.90 Å². The Morgan fingerprint density at radius 3 is 3.05 bits per heavy atom. The first-order valence-electron chi connectivity index (χ1n) is 7.13. The summed E-state index contributed by atoms with van der Waals surface area (Å²) in [6.07, 6.45) is 5.92. The fourth-order valence-corrected chi connectivity index (χ4v) is 2.99. The molecule has 1 aliphatic heterocycles. The maximum absolute atomic E-state index is 13.8. The minimum atomic E-state index is -0.449. The van der Waals surface area contributed by atoms with Crippen molar-refractivity contribution in [1.82, 2.24) is 9.78 Å². The molecule has 1 fully saturated rings. The number of aryl methyl sites for hydroxylation is 1. The molecule has 2 heterocycles. The molecule has 0 spiro atoms. The molecule has 4 nitrogen and oxygen atoms in total. The van der Waals surface area contributed by atoms with Gasteiger partial charge in [0.15, 0.2) is 0 Å². The van der Waals surface area contributed by atoms with Gasteiger partial charge >= 0.3 is 0 Å². The predicted octanol–water partition coefficient (Wildman–Crippen LogP) is 2.87. The normalized spacial score (nSPS) is 18.0. The van der Waals surface area contributed by atoms with Crippen molar-refractivity contribution in [3.8, 4) is 6.07 Å². The zero-order chi connectivity index (χ0) is 14.8. The van der Waals surface area contributed by atoms with Gasteiger partial charge in [-0.05, 0) is 37.5 Å². The van der Waals surface area contributed by atoms with Crippen molar-refractivity contribution in [1.29, 1.82) is 5.26 Å². The first-order chi connectivity index (χ1) is 10.2. The Hall–Kier alpha value is -2.35. The first kappa shape index (κ1) is 13.6. The third kappa shape index (κ3) is 2.62. The van der Waals surface area contributed by atoms with Crippen LogP contribution in [0.1, 0.15) is 24.0 Å². The number of benzene rings is 1. The van der Waals surface area contributed by atoms with Gasteiger partial charge in [-0.1, -0.05) is 6.07 Å². The van der Waals surface area contributed by atoms with Crippen LogP contribution in [0.25, 0.3) is 0 Å². The lowest BCUT2D eigenvalue weighted by Crippen LogP contribution is -2.33. The Labute approximate surface area is 123 Å². The van der Waals surface area contributed by atoms with Crippen molar-refractivity contribution < 1.29 is 4.39 Å². The smallest absolute Gasteiger partial charge is 0.143 e. The van der Waals surface area contributed by atoms with Crippen LogP contribution in [0.2, 0.25) is 0 Å². The fraction of sp³-hybridized carbons (Fsp3) is 0.375. The number of halogens is 1. The second kappa shape index (κ2) is 5.57. The maximum Gasteiger partial charge on any atom is 0.143 e. The zero-order valence-corrected chi connectivity index (χ0v) is 12.0. The molecule has 0 bridgehead atoms. The summed E-state index contributed by atoms with van der Waals surface area (Å²) >= 11 is 0. The Morgan fingerprint density at radius 1 is 1.48 bits per heavy atom. The van der Waals surface area contributed by atoms with Crippen molar-refractivity contribution in [2.24, 2.45) is 0 Å². The van der Waals surface area contributed by atoms with Gasteiger partial charge in [0, 0.05) is 18.8 Å². The molecule has 0 aliphatic carbocycles. The number of rotatable bonds is 3. The summed E-state index contributed by atoms with van der Waals surface area (Å²) in [4.78, 5) is 2.14. The summed E-state index contributed by atoms with van der Waals surface area (Å²) in [5, 5.41) is 13.5. The molecule has 0 unspecified atom stereocenters. The Bertz CT molecular complexity index is 686. The molecule has 1 aromatic carbocycles. The van der Waals surface area contributed by atoms with E-state index in [9.17, 15) is 9.65 Å². The molecule has 1 atom stereocenters. The average molecular weight is 284 g/mol. The van der Waals surface area contributed by atoms with Gasteiger partial charge in [0.25, 0.3) is 0 Å². The summed E-state index contributed by atoms with van der Waals surface area (Å²) in [7, 11) is 0. The summed E-state index contributed by atoms with van der Waals surface area (Å²) < 4.78 is 15.7. The number of nitriles is 1. The van der Waals surface area contributed by atoms with E-state index in [0.717, 1.165) is 31.5 Å². The van der Waals surface area contributed by atoms with Gasteiger partial charge in [0.2, 0.25) is 0 Å². The largest absolute Gasteiger partial charge is 0.366 e. The summed E-state index contributed by atoms with van der Waals surface area (Å²) in [5.41, 5.74) is 1.97. The van der Waals surface area contributed by atoms with E-state index in [2.05, 4.69) is 10.00 Å². The van der Waals surface area contributed by atoms with Gasteiger partial charge in [0.1, 0.15) is 17.4 Å². The quantitative estimate of drug-likeness (QED) is 0.870. The molecule has 0 N–H and O–H groups in total. The standard InChI is InChI=1S/C16H17FN4/c1-12-9-19-20(10-12)11-13-4-3-7-21(13)16-6-2-5-15(17)14(16)8-18/h2,5-6,9-10,13H,3-4,7,11H2,1H3/t13-/m1/s1. The van der Waals surface area contributed by atoms with Crippen LogP contribution in [-0.4, -0.2) is 22.4 Å². The van der Waals surface area contributed by atoms with Gasteiger partial charge in [0.05, 0.1) is 18.4 Å². The first-order valence-corrected chi connectivity index (χ1v) is 7.13. The second-order valence-electron chi connectivity index (χ2n) is 5.47. The highest BCUT2D eigenvalue weighted by Crippen LogP contribution is 2.30. The van der Waals surface area contributed by atoms with E-state index in [-0.39, 0.29) is 11.6 Å². The summed E-state index contributed by atoms with van der Waals surface area (Å²) in [6, 6.07) is 7.07. The molecule has 5 heteroatoms. The number of hydrogen-bond donors (Lipinski definition) is 0. The van der Waals surface area contributed by atoms with Crippen LogP contribution in [0.5, 0.6) is 0 Å². The molecular formula is C16H17FN4. The van der Waals surface area contributed by atoms with Gasteiger partial charge in [-0.2, -0.15) is 10.4 Å². The molecule has 0 radical (unpaired) electrons. The highest BCUT2D eigenvalue weighted by molar-refractivity contribution is 5.61. The number of anilines is 1. The third-order valence-corrected chi connectivity index (χ3v) is 3.95. The van der Waals surface area contributed by atoms with E-state index in [1.807, 2.05) is 36.1 Å². The van der Waals surface area contributed by atoms with Crippen LogP contribution < -0.4 is 4.90 Å². The number of hydrogen-bond acceptors (Lipinski definition) is 3. The van der Waals surface area contributed by atoms with Crippen LogP contribution in [0.3, 0.4) is 0 Å². The van der Waals surface area contributed by atoms with Crippen molar-refractivity contribution in [2.75, 3.05) is 11.4 Å². The van der Waals surface area contributed by atoms with E-state index < -0.39 is 5.82 Å². The predicted molar refractivity (Wildman–Crippen MR) is 78.4 cm³/mol. The highest BCUT2D eigenvalue weighted by atomic mass is 19.1. The van der Waals surface area contributed by atoms with Crippen molar-refractivity contribution >= 4 is 5.69 Å². The molecule has 0 amide bonds. The van der Waals surface area contributed by atoms with Crippen LogP contribution in [0.15, 0.2) is 30.6 Å². The monoisotopic (exact) mass is 284 g/mol. The molecule has 0 saturated carbocycles. The average Bonchev–Trinajstić information content (AvgIpc) is 3.08. The van der Waals surface area contributed by atoms with Crippen molar-refractivity contribution in [3.05, 3.63) is 47.5 Å². The minimum Gasteiger partial charge on any atom is -0.366 e. The molecular weight excluding hydrogens is 267 g/mol. The van der Waals surface area contributed by atoms with Crippen molar-refractivity contribution in [2.45, 2.75) is 32.4 Å². The minimum absolute atomic E-state index is 0.140. The van der Waals surface area contributed by atoms with Crippen LogP contribution in [0, 0.1) is 24.1 Å². The maximum atomic E-state index is 13.8. The van der Waals surface area contributed by atoms with Gasteiger partial charge in [-0.25, -0.2) is 4.39 Å². The highest BCUT2D eigenvalue weighted by Gasteiger charge is 2.27. The van der Waals surface area contributed by atoms with Gasteiger partial charge in [-0.15, -0.1) is 0 Å². The molecule has 1 aliphatic rings. The summed E-state index contributed by atoms with van der Waals surface area (Å²) in [5.74, 6) is -0.449. The SMILES string of the molecule is Cc1cnn(C[C@H]2CCCN2c2cccc(F)c2C#N)c1. The Kier molecular flexibility index (Phi) is 3.61. The fourth-order valence-electron chi connectivity index (χ4n) is 2.99. The van der Waals surface area contributed by atoms with E-state index in [1.54, 1.807) is 6.07 Å². The number of aromatic nitrogens is 2. The molecule has 21 heavy (non-hydrogen) atoms. The molecule has 1 saturated heterocycles. The van der Waals surface area contributed by atoms with Crippen LogP contribution in [-0.2, 0) is 6.54 Å². The zero-order valence-electron chi connectivity index (χ0n) is 12.0. The van der Waals surface area contributed by atoms with E-state index >= 15 is 0 Å². The molecule has 2 aromatic rings. The molecule has 108 valence electrons. The van der Waals surface area contributed by atoms with E-state index in [4.69, 9.17) is 0 Å². The molecule has 3 rings (SSSR count). The van der Waals surface area contributed by atoms with Crippen LogP contribution >= 0.6 is 0 Å². The third-order valence-electron chi connectivity index (χ3n) is 3.95. The lowest BCUT2D eigenvalue weighted by molar-refractivity contribution is 0.508.